The van der Waals surface area contributed by atoms with E-state index in [1.807, 2.05) is 0 Å². The molecule has 1 aliphatic heterocycles. The van der Waals surface area contributed by atoms with Crippen molar-refractivity contribution < 1.29 is 4.74 Å². The lowest BCUT2D eigenvalue weighted by molar-refractivity contribution is -0.117. The predicted molar refractivity (Wildman–Crippen MR) is 47.7 cm³/mol. The van der Waals surface area contributed by atoms with E-state index in [1.165, 1.54) is 25.7 Å². The third kappa shape index (κ3) is 2.82. The van der Waals surface area contributed by atoms with Gasteiger partial charge in [0.1, 0.15) is 0 Å². The zero-order valence-electron chi connectivity index (χ0n) is 8.24. The first-order chi connectivity index (χ1) is 4.91. The third-order valence-corrected chi connectivity index (χ3v) is 2.36. The van der Waals surface area contributed by atoms with Gasteiger partial charge in [0.15, 0.2) is 0 Å². The van der Waals surface area contributed by atoms with Gasteiger partial charge >= 0.3 is 0 Å². The minimum Gasteiger partial charge on any atom is -0.370 e. The molecule has 0 aromatic carbocycles. The quantitative estimate of drug-likeness (QED) is 0.523. The Hall–Kier alpha value is -0.0400. The minimum atomic E-state index is 0.0972. The fraction of sp³-hybridized carbons (Fsp3) is 1.00. The van der Waals surface area contributed by atoms with E-state index < -0.39 is 0 Å². The molecule has 0 N–H and O–H groups in total. The third-order valence-electron chi connectivity index (χ3n) is 2.36. The Kier molecular flexibility index (Phi) is 2.29. The van der Waals surface area contributed by atoms with E-state index in [0.29, 0.717) is 0 Å². The predicted octanol–water partition coefficient (Wildman–Crippen LogP) is 3.13. The Morgan fingerprint density at radius 2 is 1.18 bits per heavy atom. The molecule has 1 heterocycles. The molecule has 1 saturated heterocycles. The molecule has 11 heavy (non-hydrogen) atoms. The van der Waals surface area contributed by atoms with Crippen LogP contribution in [0.5, 0.6) is 0 Å². The molecule has 0 aromatic rings. The lowest BCUT2D eigenvalue weighted by Gasteiger charge is -2.33. The second-order valence-corrected chi connectivity index (χ2v) is 4.83. The van der Waals surface area contributed by atoms with Crippen LogP contribution in [-0.4, -0.2) is 11.2 Å². The van der Waals surface area contributed by atoms with Gasteiger partial charge in [-0.2, -0.15) is 0 Å². The average molecular weight is 156 g/mol. The normalized spacial score (nSPS) is 29.5. The lowest BCUT2D eigenvalue weighted by atomic mass is 10.0. The first-order valence-electron chi connectivity index (χ1n) is 4.62. The van der Waals surface area contributed by atoms with E-state index >= 15 is 0 Å². The van der Waals surface area contributed by atoms with E-state index in [-0.39, 0.29) is 11.2 Å². The van der Waals surface area contributed by atoms with Crippen LogP contribution in [0.1, 0.15) is 53.4 Å². The van der Waals surface area contributed by atoms with Gasteiger partial charge in [0.25, 0.3) is 0 Å². The topological polar surface area (TPSA) is 9.23 Å². The van der Waals surface area contributed by atoms with Gasteiger partial charge in [-0.15, -0.1) is 0 Å². The molecule has 0 aliphatic carbocycles. The molecular weight excluding hydrogens is 136 g/mol. The summed E-state index contributed by atoms with van der Waals surface area (Å²) >= 11 is 0. The van der Waals surface area contributed by atoms with Crippen molar-refractivity contribution in [2.24, 2.45) is 0 Å². The fourth-order valence-corrected chi connectivity index (χ4v) is 1.95. The summed E-state index contributed by atoms with van der Waals surface area (Å²) < 4.78 is 5.99. The highest BCUT2D eigenvalue weighted by Crippen LogP contribution is 2.32. The summed E-state index contributed by atoms with van der Waals surface area (Å²) in [5.74, 6) is 0. The van der Waals surface area contributed by atoms with Crippen LogP contribution >= 0.6 is 0 Å². The van der Waals surface area contributed by atoms with E-state index in [4.69, 9.17) is 4.74 Å². The van der Waals surface area contributed by atoms with Gasteiger partial charge in [0.05, 0.1) is 11.2 Å². The second kappa shape index (κ2) is 2.78. The molecule has 0 spiro atoms. The SMILES string of the molecule is CC1(C)CCCCC(C)(C)O1. The van der Waals surface area contributed by atoms with Crippen molar-refractivity contribution in [2.75, 3.05) is 0 Å². The fourth-order valence-electron chi connectivity index (χ4n) is 1.95. The Morgan fingerprint density at radius 1 is 0.818 bits per heavy atom. The van der Waals surface area contributed by atoms with Gasteiger partial charge in [-0.3, -0.25) is 0 Å². The highest BCUT2D eigenvalue weighted by Gasteiger charge is 2.31. The molecule has 1 nitrogen and oxygen atoms in total. The maximum atomic E-state index is 5.99. The molecule has 1 fully saturated rings. The van der Waals surface area contributed by atoms with Crippen LogP contribution in [0.4, 0.5) is 0 Å². The van der Waals surface area contributed by atoms with Crippen LogP contribution in [0.2, 0.25) is 0 Å². The van der Waals surface area contributed by atoms with E-state index in [0.717, 1.165) is 0 Å². The molecule has 0 unspecified atom stereocenters. The van der Waals surface area contributed by atoms with Crippen molar-refractivity contribution in [3.63, 3.8) is 0 Å². The number of hydrogen-bond acceptors (Lipinski definition) is 1. The van der Waals surface area contributed by atoms with Gasteiger partial charge in [0.2, 0.25) is 0 Å². The van der Waals surface area contributed by atoms with Crippen molar-refractivity contribution in [3.05, 3.63) is 0 Å². The van der Waals surface area contributed by atoms with Crippen molar-refractivity contribution in [3.8, 4) is 0 Å². The molecule has 1 rings (SSSR count). The minimum absolute atomic E-state index is 0.0972. The molecule has 0 saturated carbocycles. The van der Waals surface area contributed by atoms with Gasteiger partial charge in [-0.1, -0.05) is 12.8 Å². The highest BCUT2D eigenvalue weighted by atomic mass is 16.5. The van der Waals surface area contributed by atoms with Crippen LogP contribution < -0.4 is 0 Å². The summed E-state index contributed by atoms with van der Waals surface area (Å²) in [6, 6.07) is 0. The smallest absolute Gasteiger partial charge is 0.0633 e. The molecule has 1 heteroatoms. The zero-order chi connectivity index (χ0) is 8.54. The standard InChI is InChI=1S/C10H20O/c1-9(2)7-5-6-8-10(3,4)11-9/h5-8H2,1-4H3. The van der Waals surface area contributed by atoms with Crippen molar-refractivity contribution in [2.45, 2.75) is 64.6 Å². The van der Waals surface area contributed by atoms with Crippen LogP contribution in [0, 0.1) is 0 Å². The molecule has 0 aromatic heterocycles. The number of hydrogen-bond donors (Lipinski definition) is 0. The molecule has 0 bridgehead atoms. The first-order valence-corrected chi connectivity index (χ1v) is 4.62. The molecule has 1 aliphatic rings. The van der Waals surface area contributed by atoms with Gasteiger partial charge in [-0.05, 0) is 40.5 Å². The van der Waals surface area contributed by atoms with E-state index in [1.54, 1.807) is 0 Å². The van der Waals surface area contributed by atoms with Crippen molar-refractivity contribution in [1.82, 2.24) is 0 Å². The van der Waals surface area contributed by atoms with Gasteiger partial charge in [-0.25, -0.2) is 0 Å². The average Bonchev–Trinajstić information content (AvgIpc) is 1.86. The second-order valence-electron chi connectivity index (χ2n) is 4.83. The summed E-state index contributed by atoms with van der Waals surface area (Å²) in [4.78, 5) is 0. The Morgan fingerprint density at radius 3 is 1.55 bits per heavy atom. The summed E-state index contributed by atoms with van der Waals surface area (Å²) in [7, 11) is 0. The summed E-state index contributed by atoms with van der Waals surface area (Å²) in [6.07, 6.45) is 5.04. The summed E-state index contributed by atoms with van der Waals surface area (Å²) in [5, 5.41) is 0. The Labute approximate surface area is 70.1 Å². The number of rotatable bonds is 0. The maximum absolute atomic E-state index is 5.99. The Balaban J connectivity index is 2.62. The van der Waals surface area contributed by atoms with Crippen molar-refractivity contribution >= 4 is 0 Å². The van der Waals surface area contributed by atoms with Crippen LogP contribution in [0.15, 0.2) is 0 Å². The van der Waals surface area contributed by atoms with Crippen LogP contribution in [0.25, 0.3) is 0 Å². The van der Waals surface area contributed by atoms with Crippen LogP contribution in [-0.2, 0) is 4.74 Å². The zero-order valence-corrected chi connectivity index (χ0v) is 8.24. The summed E-state index contributed by atoms with van der Waals surface area (Å²) in [5.41, 5.74) is 0.194. The van der Waals surface area contributed by atoms with E-state index in [2.05, 4.69) is 27.7 Å². The molecule has 66 valence electrons. The highest BCUT2D eigenvalue weighted by molar-refractivity contribution is 4.80. The summed E-state index contributed by atoms with van der Waals surface area (Å²) in [6.45, 7) is 8.78. The van der Waals surface area contributed by atoms with Gasteiger partial charge < -0.3 is 4.74 Å². The molecule has 0 radical (unpaired) electrons. The van der Waals surface area contributed by atoms with Crippen LogP contribution in [0.3, 0.4) is 0 Å². The van der Waals surface area contributed by atoms with Gasteiger partial charge in [0, 0.05) is 0 Å². The first kappa shape index (κ1) is 9.05. The lowest BCUT2D eigenvalue weighted by Crippen LogP contribution is -2.34. The van der Waals surface area contributed by atoms with E-state index in [9.17, 15) is 0 Å². The largest absolute Gasteiger partial charge is 0.370 e. The monoisotopic (exact) mass is 156 g/mol. The molecular formula is C10H20O. The molecule has 0 amide bonds. The maximum Gasteiger partial charge on any atom is 0.0633 e. The Bertz CT molecular complexity index is 120. The molecule has 0 atom stereocenters. The number of ether oxygens (including phenoxy) is 1. The van der Waals surface area contributed by atoms with Crippen molar-refractivity contribution in [1.29, 1.82) is 0 Å².